The van der Waals surface area contributed by atoms with Gasteiger partial charge in [0, 0.05) is 22.8 Å². The SMILES string of the molecule is COc1ccc(CN2C(=O)C(O)=C(c3ccccc3)[C@@H]2c2ccccc2F)c(OC)c1. The molecule has 0 saturated carbocycles. The molecule has 6 heteroatoms. The highest BCUT2D eigenvalue weighted by Gasteiger charge is 2.42. The van der Waals surface area contributed by atoms with Gasteiger partial charge in [-0.2, -0.15) is 0 Å². The van der Waals surface area contributed by atoms with Crippen LogP contribution in [0.25, 0.3) is 5.57 Å². The van der Waals surface area contributed by atoms with Gasteiger partial charge in [-0.1, -0.05) is 48.5 Å². The summed E-state index contributed by atoms with van der Waals surface area (Å²) >= 11 is 0. The zero-order valence-electron chi connectivity index (χ0n) is 17.2. The Morgan fingerprint density at radius 1 is 0.968 bits per heavy atom. The molecule has 4 rings (SSSR count). The van der Waals surface area contributed by atoms with E-state index in [1.165, 1.54) is 18.1 Å². The number of aliphatic hydroxyl groups excluding tert-OH is 1. The summed E-state index contributed by atoms with van der Waals surface area (Å²) in [5.41, 5.74) is 2.06. The van der Waals surface area contributed by atoms with Gasteiger partial charge in [0.05, 0.1) is 26.8 Å². The summed E-state index contributed by atoms with van der Waals surface area (Å²) in [7, 11) is 3.09. The van der Waals surface area contributed by atoms with Crippen molar-refractivity contribution in [2.75, 3.05) is 14.2 Å². The Kier molecular flexibility index (Phi) is 5.62. The maximum absolute atomic E-state index is 14.9. The van der Waals surface area contributed by atoms with E-state index < -0.39 is 17.8 Å². The van der Waals surface area contributed by atoms with Crippen molar-refractivity contribution in [3.8, 4) is 11.5 Å². The Morgan fingerprint density at radius 3 is 2.35 bits per heavy atom. The minimum atomic E-state index is -0.789. The Labute approximate surface area is 180 Å². The Balaban J connectivity index is 1.82. The van der Waals surface area contributed by atoms with E-state index in [1.807, 2.05) is 18.2 Å². The second-order valence-electron chi connectivity index (χ2n) is 7.16. The number of carbonyl (C=O) groups excluding carboxylic acids is 1. The number of rotatable bonds is 6. The summed E-state index contributed by atoms with van der Waals surface area (Å²) in [5.74, 6) is -0.246. The van der Waals surface area contributed by atoms with Gasteiger partial charge in [-0.25, -0.2) is 4.39 Å². The summed E-state index contributed by atoms with van der Waals surface area (Å²) in [6.07, 6.45) is 0. The molecule has 0 aromatic heterocycles. The number of halogens is 1. The van der Waals surface area contributed by atoms with Crippen LogP contribution < -0.4 is 9.47 Å². The zero-order chi connectivity index (χ0) is 22.0. The molecule has 0 spiro atoms. The van der Waals surface area contributed by atoms with Crippen LogP contribution in [0.1, 0.15) is 22.7 Å². The smallest absolute Gasteiger partial charge is 0.290 e. The third kappa shape index (κ3) is 3.72. The standard InChI is InChI=1S/C25H22FNO4/c1-30-18-13-12-17(21(14-18)31-2)15-27-23(19-10-6-7-11-20(19)26)22(24(28)25(27)29)16-8-4-3-5-9-16/h3-14,23,28H,15H2,1-2H3/t23-/m0/s1. The summed E-state index contributed by atoms with van der Waals surface area (Å²) in [6.45, 7) is 0.116. The number of carbonyl (C=O) groups is 1. The third-order valence-corrected chi connectivity index (χ3v) is 5.42. The van der Waals surface area contributed by atoms with E-state index in [1.54, 1.807) is 55.6 Å². The van der Waals surface area contributed by atoms with Gasteiger partial charge in [-0.15, -0.1) is 0 Å². The summed E-state index contributed by atoms with van der Waals surface area (Å²) in [6, 6.07) is 19.8. The number of benzene rings is 3. The van der Waals surface area contributed by atoms with Crippen molar-refractivity contribution in [2.45, 2.75) is 12.6 Å². The van der Waals surface area contributed by atoms with Crippen LogP contribution in [-0.4, -0.2) is 30.1 Å². The number of ether oxygens (including phenoxy) is 2. The minimum Gasteiger partial charge on any atom is -0.503 e. The lowest BCUT2D eigenvalue weighted by Gasteiger charge is -2.28. The second kappa shape index (κ2) is 8.52. The molecule has 3 aromatic rings. The van der Waals surface area contributed by atoms with Crippen LogP contribution in [-0.2, 0) is 11.3 Å². The molecule has 0 bridgehead atoms. The fourth-order valence-electron chi connectivity index (χ4n) is 3.92. The zero-order valence-corrected chi connectivity index (χ0v) is 17.2. The maximum atomic E-state index is 14.9. The number of aliphatic hydroxyl groups is 1. The second-order valence-corrected chi connectivity index (χ2v) is 7.16. The van der Waals surface area contributed by atoms with E-state index in [0.29, 0.717) is 33.8 Å². The van der Waals surface area contributed by atoms with Gasteiger partial charge in [-0.05, 0) is 23.8 Å². The largest absolute Gasteiger partial charge is 0.503 e. The average Bonchev–Trinajstić information content (AvgIpc) is 3.05. The highest BCUT2D eigenvalue weighted by Crippen LogP contribution is 2.45. The molecule has 1 atom stereocenters. The van der Waals surface area contributed by atoms with E-state index >= 15 is 0 Å². The van der Waals surface area contributed by atoms with Gasteiger partial charge in [0.2, 0.25) is 0 Å². The van der Waals surface area contributed by atoms with Gasteiger partial charge >= 0.3 is 0 Å². The first-order chi connectivity index (χ1) is 15.0. The van der Waals surface area contributed by atoms with Gasteiger partial charge in [0.15, 0.2) is 5.76 Å². The Hall–Kier alpha value is -3.80. The first-order valence-electron chi connectivity index (χ1n) is 9.80. The first-order valence-corrected chi connectivity index (χ1v) is 9.80. The molecule has 158 valence electrons. The fourth-order valence-corrected chi connectivity index (χ4v) is 3.92. The molecule has 1 N–H and O–H groups in total. The summed E-state index contributed by atoms with van der Waals surface area (Å²) in [5, 5.41) is 10.8. The lowest BCUT2D eigenvalue weighted by molar-refractivity contribution is -0.130. The van der Waals surface area contributed by atoms with E-state index in [2.05, 4.69) is 0 Å². The van der Waals surface area contributed by atoms with E-state index in [0.717, 1.165) is 0 Å². The van der Waals surface area contributed by atoms with Crippen LogP contribution in [0, 0.1) is 5.82 Å². The molecule has 3 aromatic carbocycles. The van der Waals surface area contributed by atoms with Gasteiger partial charge in [0.1, 0.15) is 17.3 Å². The normalized spacial score (nSPS) is 16.0. The lowest BCUT2D eigenvalue weighted by atomic mass is 9.93. The highest BCUT2D eigenvalue weighted by molar-refractivity contribution is 6.05. The lowest BCUT2D eigenvalue weighted by Crippen LogP contribution is -2.30. The van der Waals surface area contributed by atoms with Crippen LogP contribution in [0.15, 0.2) is 78.6 Å². The van der Waals surface area contributed by atoms with Crippen LogP contribution in [0.5, 0.6) is 11.5 Å². The Morgan fingerprint density at radius 2 is 1.68 bits per heavy atom. The average molecular weight is 419 g/mol. The van der Waals surface area contributed by atoms with Crippen LogP contribution >= 0.6 is 0 Å². The molecule has 1 amide bonds. The van der Waals surface area contributed by atoms with E-state index in [4.69, 9.17) is 9.47 Å². The molecule has 0 fully saturated rings. The van der Waals surface area contributed by atoms with Crippen LogP contribution in [0.2, 0.25) is 0 Å². The monoisotopic (exact) mass is 419 g/mol. The highest BCUT2D eigenvalue weighted by atomic mass is 19.1. The van der Waals surface area contributed by atoms with Crippen molar-refractivity contribution in [1.29, 1.82) is 0 Å². The van der Waals surface area contributed by atoms with Crippen LogP contribution in [0.3, 0.4) is 0 Å². The Bertz CT molecular complexity index is 1140. The molecule has 5 nitrogen and oxygen atoms in total. The molecule has 31 heavy (non-hydrogen) atoms. The predicted octanol–water partition coefficient (Wildman–Crippen LogP) is 4.90. The quantitative estimate of drug-likeness (QED) is 0.618. The maximum Gasteiger partial charge on any atom is 0.290 e. The number of amides is 1. The molecule has 0 saturated heterocycles. The van der Waals surface area contributed by atoms with Crippen molar-refractivity contribution in [2.24, 2.45) is 0 Å². The molecule has 0 aliphatic carbocycles. The molecule has 1 aliphatic rings. The number of methoxy groups -OCH3 is 2. The number of nitrogens with zero attached hydrogens (tertiary/aromatic N) is 1. The van der Waals surface area contributed by atoms with Crippen molar-refractivity contribution in [3.63, 3.8) is 0 Å². The third-order valence-electron chi connectivity index (χ3n) is 5.42. The summed E-state index contributed by atoms with van der Waals surface area (Å²) in [4.78, 5) is 14.6. The molecular formula is C25H22FNO4. The molecule has 0 unspecified atom stereocenters. The molecule has 1 heterocycles. The number of hydrogen-bond acceptors (Lipinski definition) is 4. The van der Waals surface area contributed by atoms with E-state index in [9.17, 15) is 14.3 Å². The van der Waals surface area contributed by atoms with Gasteiger partial charge < -0.3 is 19.5 Å². The van der Waals surface area contributed by atoms with Gasteiger partial charge in [0.25, 0.3) is 5.91 Å². The predicted molar refractivity (Wildman–Crippen MR) is 115 cm³/mol. The minimum absolute atomic E-state index is 0.116. The fraction of sp³-hybridized carbons (Fsp3) is 0.160. The summed E-state index contributed by atoms with van der Waals surface area (Å²) < 4.78 is 25.6. The molecule has 1 aliphatic heterocycles. The number of hydrogen-bond donors (Lipinski definition) is 1. The van der Waals surface area contributed by atoms with Crippen molar-refractivity contribution >= 4 is 11.5 Å². The molecular weight excluding hydrogens is 397 g/mol. The van der Waals surface area contributed by atoms with E-state index in [-0.39, 0.29) is 12.3 Å². The van der Waals surface area contributed by atoms with Crippen molar-refractivity contribution in [1.82, 2.24) is 4.90 Å². The van der Waals surface area contributed by atoms with Crippen molar-refractivity contribution < 1.29 is 23.8 Å². The van der Waals surface area contributed by atoms with Gasteiger partial charge in [-0.3, -0.25) is 4.79 Å². The van der Waals surface area contributed by atoms with Crippen LogP contribution in [0.4, 0.5) is 4.39 Å². The topological polar surface area (TPSA) is 59.0 Å². The van der Waals surface area contributed by atoms with Crippen molar-refractivity contribution in [3.05, 3.63) is 101 Å². The first kappa shape index (κ1) is 20.5. The molecule has 0 radical (unpaired) electrons.